The first-order chi connectivity index (χ1) is 8.64. The maximum atomic E-state index is 12.4. The molecule has 0 amide bonds. The van der Waals surface area contributed by atoms with Crippen LogP contribution in [0.4, 0.5) is 13.2 Å². The second-order valence-corrected chi connectivity index (χ2v) is 3.51. The van der Waals surface area contributed by atoms with Gasteiger partial charge < -0.3 is 19.8 Å². The molecule has 0 spiro atoms. The molecule has 0 heterocycles. The van der Waals surface area contributed by atoms with Crippen molar-refractivity contribution in [3.8, 4) is 0 Å². The van der Waals surface area contributed by atoms with Gasteiger partial charge >= 0.3 is 6.18 Å². The minimum atomic E-state index is -4.74. The quantitative estimate of drug-likeness (QED) is 0.518. The van der Waals surface area contributed by atoms with E-state index >= 15 is 0 Å². The molecule has 0 unspecified atom stereocenters. The van der Waals surface area contributed by atoms with E-state index < -0.39 is 40.9 Å². The van der Waals surface area contributed by atoms with Gasteiger partial charge in [0.1, 0.15) is 5.92 Å². The van der Waals surface area contributed by atoms with Gasteiger partial charge in [-0.3, -0.25) is 4.79 Å². The predicted octanol–water partition coefficient (Wildman–Crippen LogP) is -0.996. The van der Waals surface area contributed by atoms with Crippen LogP contribution in [-0.2, 0) is 15.8 Å². The van der Waals surface area contributed by atoms with E-state index in [1.807, 2.05) is 0 Å². The molecule has 0 saturated heterocycles. The number of rotatable bonds is 4. The van der Waals surface area contributed by atoms with Crippen LogP contribution in [0.2, 0.25) is 0 Å². The molecule has 0 fully saturated rings. The van der Waals surface area contributed by atoms with Gasteiger partial charge in [-0.25, -0.2) is 0 Å². The molecule has 5 nitrogen and oxygen atoms in total. The smallest absolute Gasteiger partial charge is 0.416 e. The molecule has 1 aromatic carbocycles. The molecule has 0 aliphatic carbocycles. The number of alkyl halides is 3. The van der Waals surface area contributed by atoms with Gasteiger partial charge in [-0.15, -0.1) is 0 Å². The van der Waals surface area contributed by atoms with E-state index in [9.17, 15) is 37.8 Å². The number of carboxylic acids is 2. The number of halogens is 3. The second kappa shape index (κ2) is 5.09. The molecule has 0 aromatic heterocycles. The van der Waals surface area contributed by atoms with Crippen molar-refractivity contribution in [2.24, 2.45) is 5.92 Å². The number of ketones is 1. The zero-order chi connectivity index (χ0) is 14.8. The third-order valence-electron chi connectivity index (χ3n) is 2.21. The van der Waals surface area contributed by atoms with Crippen molar-refractivity contribution in [1.29, 1.82) is 0 Å². The highest BCUT2D eigenvalue weighted by molar-refractivity contribution is 6.19. The van der Waals surface area contributed by atoms with Crippen LogP contribution in [-0.4, -0.2) is 17.7 Å². The highest BCUT2D eigenvalue weighted by Gasteiger charge is 2.32. The fourth-order valence-electron chi connectivity index (χ4n) is 1.33. The average molecular weight is 274 g/mol. The topological polar surface area (TPSA) is 97.3 Å². The van der Waals surface area contributed by atoms with Crippen molar-refractivity contribution in [2.45, 2.75) is 6.18 Å². The summed E-state index contributed by atoms with van der Waals surface area (Å²) in [5, 5.41) is 20.9. The molecule has 0 N–H and O–H groups in total. The second-order valence-electron chi connectivity index (χ2n) is 3.51. The summed E-state index contributed by atoms with van der Waals surface area (Å²) >= 11 is 0. The first-order valence-electron chi connectivity index (χ1n) is 4.77. The normalized spacial score (nSPS) is 11.4. The Balaban J connectivity index is 3.20. The lowest BCUT2D eigenvalue weighted by Gasteiger charge is -2.18. The van der Waals surface area contributed by atoms with Crippen LogP contribution in [0.3, 0.4) is 0 Å². The predicted molar refractivity (Wildman–Crippen MR) is 49.3 cm³/mol. The van der Waals surface area contributed by atoms with Crippen LogP contribution in [0.5, 0.6) is 0 Å². The summed E-state index contributed by atoms with van der Waals surface area (Å²) < 4.78 is 37.1. The number of hydrogen-bond acceptors (Lipinski definition) is 5. The summed E-state index contributed by atoms with van der Waals surface area (Å²) in [7, 11) is 0. The molecule has 19 heavy (non-hydrogen) atoms. The molecule has 0 aliphatic heterocycles. The Morgan fingerprint density at radius 1 is 1.05 bits per heavy atom. The van der Waals surface area contributed by atoms with E-state index in [0.29, 0.717) is 12.1 Å². The van der Waals surface area contributed by atoms with Crippen molar-refractivity contribution < 1.29 is 37.8 Å². The van der Waals surface area contributed by atoms with Crippen LogP contribution >= 0.6 is 0 Å². The Morgan fingerprint density at radius 2 is 1.58 bits per heavy atom. The maximum absolute atomic E-state index is 12.4. The van der Waals surface area contributed by atoms with E-state index in [1.165, 1.54) is 0 Å². The minimum Gasteiger partial charge on any atom is -0.549 e. The number of Topliss-reactive ketones (excluding diaryl/α,β-unsaturated/α-hetero) is 1. The highest BCUT2D eigenvalue weighted by Crippen LogP contribution is 2.29. The van der Waals surface area contributed by atoms with Gasteiger partial charge in [-0.05, 0) is 12.1 Å². The Kier molecular flexibility index (Phi) is 3.93. The van der Waals surface area contributed by atoms with Crippen LogP contribution in [0.1, 0.15) is 15.9 Å². The first kappa shape index (κ1) is 14.7. The van der Waals surface area contributed by atoms with Crippen molar-refractivity contribution in [3.05, 3.63) is 35.4 Å². The first-order valence-corrected chi connectivity index (χ1v) is 4.77. The number of benzene rings is 1. The molecule has 0 radical (unpaired) electrons. The zero-order valence-electron chi connectivity index (χ0n) is 9.06. The van der Waals surface area contributed by atoms with E-state index in [0.717, 1.165) is 12.1 Å². The van der Waals surface area contributed by atoms with Gasteiger partial charge in [0, 0.05) is 5.56 Å². The molecular weight excluding hydrogens is 269 g/mol. The number of aliphatic carboxylic acids is 2. The van der Waals surface area contributed by atoms with Crippen molar-refractivity contribution in [1.82, 2.24) is 0 Å². The van der Waals surface area contributed by atoms with E-state index in [4.69, 9.17) is 0 Å². The van der Waals surface area contributed by atoms with E-state index in [2.05, 4.69) is 0 Å². The lowest BCUT2D eigenvalue weighted by molar-refractivity contribution is -0.328. The molecule has 102 valence electrons. The van der Waals surface area contributed by atoms with Crippen LogP contribution < -0.4 is 10.2 Å². The molecule has 0 atom stereocenters. The van der Waals surface area contributed by atoms with Crippen molar-refractivity contribution in [3.63, 3.8) is 0 Å². The van der Waals surface area contributed by atoms with E-state index in [-0.39, 0.29) is 0 Å². The monoisotopic (exact) mass is 274 g/mol. The SMILES string of the molecule is O=C([O-])C(C(=O)[O-])C(=O)c1cccc(C(F)(F)F)c1. The average Bonchev–Trinajstić information content (AvgIpc) is 2.27. The third kappa shape index (κ3) is 3.30. The van der Waals surface area contributed by atoms with Gasteiger partial charge in [-0.1, -0.05) is 12.1 Å². The molecule has 1 aromatic rings. The summed E-state index contributed by atoms with van der Waals surface area (Å²) in [5.41, 5.74) is -1.90. The Hall–Kier alpha value is -2.38. The van der Waals surface area contributed by atoms with E-state index in [1.54, 1.807) is 0 Å². The molecule has 8 heteroatoms. The molecular formula is C11H5F3O5-2. The number of carboxylic acid groups (broad SMARTS) is 2. The minimum absolute atomic E-state index is 0.362. The largest absolute Gasteiger partial charge is 0.549 e. The number of carbonyl (C=O) groups is 3. The maximum Gasteiger partial charge on any atom is 0.416 e. The zero-order valence-corrected chi connectivity index (χ0v) is 9.06. The lowest BCUT2D eigenvalue weighted by Crippen LogP contribution is -2.47. The van der Waals surface area contributed by atoms with Gasteiger partial charge in [-0.2, -0.15) is 13.2 Å². The fourth-order valence-corrected chi connectivity index (χ4v) is 1.33. The molecule has 0 saturated carbocycles. The van der Waals surface area contributed by atoms with Crippen LogP contribution in [0.25, 0.3) is 0 Å². The highest BCUT2D eigenvalue weighted by atomic mass is 19.4. The van der Waals surface area contributed by atoms with Crippen LogP contribution in [0.15, 0.2) is 24.3 Å². The summed E-state index contributed by atoms with van der Waals surface area (Å²) in [6.45, 7) is 0. The summed E-state index contributed by atoms with van der Waals surface area (Å²) in [6.07, 6.45) is -4.74. The molecule has 0 bridgehead atoms. The van der Waals surface area contributed by atoms with Gasteiger partial charge in [0.05, 0.1) is 17.5 Å². The summed E-state index contributed by atoms with van der Waals surface area (Å²) in [6, 6.07) is 2.75. The molecule has 0 aliphatic rings. The van der Waals surface area contributed by atoms with Crippen molar-refractivity contribution in [2.75, 3.05) is 0 Å². The lowest BCUT2D eigenvalue weighted by atomic mass is 9.96. The number of hydrogen-bond donors (Lipinski definition) is 0. The molecule has 1 rings (SSSR count). The third-order valence-corrected chi connectivity index (χ3v) is 2.21. The standard InChI is InChI=1S/C11H7F3O5/c12-11(13,14)6-3-1-2-5(4-6)8(15)7(9(16)17)10(18)19/h1-4,7H,(H,16,17)(H,18,19)/p-2. The fraction of sp³-hybridized carbons (Fsp3) is 0.182. The van der Waals surface area contributed by atoms with Gasteiger partial charge in [0.15, 0.2) is 5.78 Å². The van der Waals surface area contributed by atoms with Crippen LogP contribution in [0, 0.1) is 5.92 Å². The van der Waals surface area contributed by atoms with Gasteiger partial charge in [0.2, 0.25) is 0 Å². The Labute approximate surface area is 104 Å². The summed E-state index contributed by atoms with van der Waals surface area (Å²) in [5.74, 6) is -8.68. The Bertz CT molecular complexity index is 521. The number of carbonyl (C=O) groups excluding carboxylic acids is 3. The Morgan fingerprint density at radius 3 is 2.00 bits per heavy atom. The summed E-state index contributed by atoms with van der Waals surface area (Å²) in [4.78, 5) is 32.4. The van der Waals surface area contributed by atoms with Gasteiger partial charge in [0.25, 0.3) is 0 Å². The van der Waals surface area contributed by atoms with Crippen molar-refractivity contribution >= 4 is 17.7 Å².